The maximum absolute atomic E-state index is 13.8. The molecule has 1 saturated carbocycles. The fourth-order valence-electron chi connectivity index (χ4n) is 6.50. The highest BCUT2D eigenvalue weighted by Crippen LogP contribution is 2.47. The van der Waals surface area contributed by atoms with Gasteiger partial charge in [-0.2, -0.15) is 5.26 Å². The number of benzene rings is 1. The Balaban J connectivity index is 1.38. The second kappa shape index (κ2) is 10.4. The van der Waals surface area contributed by atoms with Crippen LogP contribution in [-0.4, -0.2) is 59.9 Å². The number of carbonyl (C=O) groups is 3. The van der Waals surface area contributed by atoms with E-state index >= 15 is 0 Å². The molecule has 9 nitrogen and oxygen atoms in total. The summed E-state index contributed by atoms with van der Waals surface area (Å²) < 4.78 is 5.45. The molecular formula is C28H35N5O4. The topological polar surface area (TPSA) is 127 Å². The number of methoxy groups -OCH3 is 1. The molecule has 2 aliphatic heterocycles. The van der Waals surface area contributed by atoms with Crippen LogP contribution in [0.3, 0.4) is 0 Å². The van der Waals surface area contributed by atoms with Crippen LogP contribution in [0.15, 0.2) is 24.3 Å². The Bertz CT molecular complexity index is 1220. The zero-order chi connectivity index (χ0) is 26.0. The number of fused-ring (bicyclic) bond motifs is 1. The molecule has 0 radical (unpaired) electrons. The molecule has 2 aromatic rings. The number of nitrogens with zero attached hydrogens (tertiary/aromatic N) is 2. The molecule has 0 bridgehead atoms. The summed E-state index contributed by atoms with van der Waals surface area (Å²) in [4.78, 5) is 44.5. The first-order valence-electron chi connectivity index (χ1n) is 13.4. The minimum atomic E-state index is -0.779. The van der Waals surface area contributed by atoms with E-state index in [-0.39, 0.29) is 35.5 Å². The summed E-state index contributed by atoms with van der Waals surface area (Å²) in [5.41, 5.74) is 1.14. The number of carbonyl (C=O) groups excluding carboxylic acids is 3. The summed E-state index contributed by atoms with van der Waals surface area (Å²) in [7, 11) is 1.60. The van der Waals surface area contributed by atoms with Crippen molar-refractivity contribution in [3.8, 4) is 11.8 Å². The van der Waals surface area contributed by atoms with Crippen LogP contribution in [0, 0.1) is 22.7 Å². The van der Waals surface area contributed by atoms with Crippen LogP contribution in [0.5, 0.6) is 5.75 Å². The first-order chi connectivity index (χ1) is 17.9. The Morgan fingerprint density at radius 1 is 1.27 bits per heavy atom. The Kier molecular flexibility index (Phi) is 7.09. The fraction of sp³-hybridized carbons (Fsp3) is 0.571. The van der Waals surface area contributed by atoms with E-state index in [0.29, 0.717) is 37.4 Å². The van der Waals surface area contributed by atoms with Crippen LogP contribution in [0.4, 0.5) is 0 Å². The number of aromatic nitrogens is 1. The average Bonchev–Trinajstić information content (AvgIpc) is 3.51. The molecule has 2 unspecified atom stereocenters. The number of nitriles is 1. The van der Waals surface area contributed by atoms with Crippen LogP contribution in [0.2, 0.25) is 0 Å². The molecule has 2 saturated heterocycles. The van der Waals surface area contributed by atoms with Gasteiger partial charge in [-0.05, 0) is 62.1 Å². The zero-order valence-corrected chi connectivity index (χ0v) is 21.3. The molecule has 3 N–H and O–H groups in total. The van der Waals surface area contributed by atoms with Crippen molar-refractivity contribution in [2.24, 2.45) is 11.3 Å². The first kappa shape index (κ1) is 25.1. The third-order valence-electron chi connectivity index (χ3n) is 8.45. The third kappa shape index (κ3) is 5.02. The van der Waals surface area contributed by atoms with Crippen LogP contribution < -0.4 is 15.4 Å². The van der Waals surface area contributed by atoms with Crippen molar-refractivity contribution in [1.82, 2.24) is 20.5 Å². The lowest BCUT2D eigenvalue weighted by molar-refractivity contribution is -0.128. The molecule has 3 heterocycles. The summed E-state index contributed by atoms with van der Waals surface area (Å²) >= 11 is 0. The zero-order valence-electron chi connectivity index (χ0n) is 21.3. The van der Waals surface area contributed by atoms with Crippen LogP contribution in [0.1, 0.15) is 68.3 Å². The standard InChI is InChI=1S/C28H35N5O4/c1-37-24-9-5-8-21-20(24)14-22(32-21)27(36)33-17-28(10-3-2-4-11-28)15-23(33)26(35)31-19(16-29)13-18-7-6-12-30-25(18)34/h5,8-9,14,18-19,23,32H,2-4,6-7,10-13,15,17H2,1H3,(H,30,34)(H,31,35)/t18?,19?,23-/m1/s1. The number of H-pyrrole nitrogens is 1. The predicted molar refractivity (Wildman–Crippen MR) is 138 cm³/mol. The molecular weight excluding hydrogens is 470 g/mol. The van der Waals surface area contributed by atoms with Crippen molar-refractivity contribution >= 4 is 28.6 Å². The van der Waals surface area contributed by atoms with Crippen LogP contribution >= 0.6 is 0 Å². The Morgan fingerprint density at radius 2 is 2.08 bits per heavy atom. The van der Waals surface area contributed by atoms with E-state index < -0.39 is 12.1 Å². The minimum Gasteiger partial charge on any atom is -0.496 e. The second-order valence-electron chi connectivity index (χ2n) is 10.9. The van der Waals surface area contributed by atoms with Gasteiger partial charge in [0, 0.05) is 29.9 Å². The summed E-state index contributed by atoms with van der Waals surface area (Å²) in [5, 5.41) is 16.3. The van der Waals surface area contributed by atoms with Gasteiger partial charge in [0.05, 0.1) is 13.2 Å². The van der Waals surface area contributed by atoms with Gasteiger partial charge in [-0.3, -0.25) is 14.4 Å². The van der Waals surface area contributed by atoms with E-state index in [1.54, 1.807) is 18.1 Å². The van der Waals surface area contributed by atoms with Gasteiger partial charge in [0.2, 0.25) is 11.8 Å². The third-order valence-corrected chi connectivity index (χ3v) is 8.45. The molecule has 1 aromatic carbocycles. The number of amides is 3. The quantitative estimate of drug-likeness (QED) is 0.555. The van der Waals surface area contributed by atoms with Gasteiger partial charge in [-0.25, -0.2) is 0 Å². The van der Waals surface area contributed by atoms with E-state index in [9.17, 15) is 19.6 Å². The SMILES string of the molecule is COc1cccc2[nH]c(C(=O)N3CC4(CCCCC4)C[C@@H]3C(=O)NC(C#N)CC3CCCNC3=O)cc12. The number of nitrogens with one attached hydrogen (secondary N) is 3. The number of ether oxygens (including phenoxy) is 1. The molecule has 1 spiro atoms. The normalized spacial score (nSPS) is 23.9. The summed E-state index contributed by atoms with van der Waals surface area (Å²) in [6, 6.07) is 8.13. The number of hydrogen-bond donors (Lipinski definition) is 3. The number of piperidine rings is 1. The van der Waals surface area contributed by atoms with Crippen LogP contribution in [-0.2, 0) is 9.59 Å². The van der Waals surface area contributed by atoms with Gasteiger partial charge in [0.1, 0.15) is 23.5 Å². The number of hydrogen-bond acceptors (Lipinski definition) is 5. The largest absolute Gasteiger partial charge is 0.496 e. The monoisotopic (exact) mass is 505 g/mol. The highest BCUT2D eigenvalue weighted by molar-refractivity contribution is 6.02. The molecule has 1 aromatic heterocycles. The average molecular weight is 506 g/mol. The van der Waals surface area contributed by atoms with Gasteiger partial charge < -0.3 is 25.3 Å². The first-order valence-corrected chi connectivity index (χ1v) is 13.4. The number of aromatic amines is 1. The van der Waals surface area contributed by atoms with Gasteiger partial charge in [-0.1, -0.05) is 25.3 Å². The maximum Gasteiger partial charge on any atom is 0.271 e. The molecule has 196 valence electrons. The van der Waals surface area contributed by atoms with Gasteiger partial charge in [0.15, 0.2) is 0 Å². The van der Waals surface area contributed by atoms with Crippen molar-refractivity contribution in [2.45, 2.75) is 69.9 Å². The van der Waals surface area contributed by atoms with Crippen molar-refractivity contribution < 1.29 is 19.1 Å². The summed E-state index contributed by atoms with van der Waals surface area (Å²) in [6.45, 7) is 1.18. The van der Waals surface area contributed by atoms with E-state index in [1.807, 2.05) is 18.2 Å². The second-order valence-corrected chi connectivity index (χ2v) is 10.9. The lowest BCUT2D eigenvalue weighted by Crippen LogP contribution is -2.49. The smallest absolute Gasteiger partial charge is 0.271 e. The molecule has 3 aliphatic rings. The molecule has 5 rings (SSSR count). The van der Waals surface area contributed by atoms with Crippen molar-refractivity contribution in [1.29, 1.82) is 5.26 Å². The van der Waals surface area contributed by atoms with E-state index in [2.05, 4.69) is 21.7 Å². The molecule has 37 heavy (non-hydrogen) atoms. The lowest BCUT2D eigenvalue weighted by Gasteiger charge is -2.32. The van der Waals surface area contributed by atoms with Crippen molar-refractivity contribution in [3.05, 3.63) is 30.0 Å². The van der Waals surface area contributed by atoms with Crippen LogP contribution in [0.25, 0.3) is 10.9 Å². The van der Waals surface area contributed by atoms with Gasteiger partial charge >= 0.3 is 0 Å². The number of likely N-dealkylation sites (tertiary alicyclic amines) is 1. The van der Waals surface area contributed by atoms with Crippen molar-refractivity contribution in [3.63, 3.8) is 0 Å². The highest BCUT2D eigenvalue weighted by Gasteiger charge is 2.49. The number of rotatable bonds is 6. The molecule has 3 fully saturated rings. The van der Waals surface area contributed by atoms with Gasteiger partial charge in [-0.15, -0.1) is 0 Å². The molecule has 9 heteroatoms. The molecule has 3 atom stereocenters. The van der Waals surface area contributed by atoms with Crippen molar-refractivity contribution in [2.75, 3.05) is 20.2 Å². The lowest BCUT2D eigenvalue weighted by atomic mass is 9.72. The molecule has 3 amide bonds. The Morgan fingerprint density at radius 3 is 2.81 bits per heavy atom. The minimum absolute atomic E-state index is 0.0613. The maximum atomic E-state index is 13.8. The summed E-state index contributed by atoms with van der Waals surface area (Å²) in [6.07, 6.45) is 7.80. The summed E-state index contributed by atoms with van der Waals surface area (Å²) in [5.74, 6) is -0.205. The fourth-order valence-corrected chi connectivity index (χ4v) is 6.50. The Labute approximate surface area is 216 Å². The van der Waals surface area contributed by atoms with E-state index in [1.165, 1.54) is 6.42 Å². The predicted octanol–water partition coefficient (Wildman–Crippen LogP) is 3.27. The highest BCUT2D eigenvalue weighted by atomic mass is 16.5. The van der Waals surface area contributed by atoms with Gasteiger partial charge in [0.25, 0.3) is 5.91 Å². The molecule has 1 aliphatic carbocycles. The van der Waals surface area contributed by atoms with E-state index in [4.69, 9.17) is 4.74 Å². The Hall–Kier alpha value is -3.54. The van der Waals surface area contributed by atoms with E-state index in [0.717, 1.165) is 43.0 Å².